The molecule has 1 amide bonds. The van der Waals surface area contributed by atoms with Crippen LogP contribution in [0.2, 0.25) is 0 Å². The summed E-state index contributed by atoms with van der Waals surface area (Å²) in [6.45, 7) is 4.35. The average Bonchev–Trinajstić information content (AvgIpc) is 2.42. The molecule has 1 aliphatic rings. The standard InChI is InChI=1S/C15H21BrN2O2/c1-2-20-13-4-3-9-18(10-13)14(15(17)19)11-5-7-12(16)8-6-11/h5-8,13-14H,2-4,9-10H2,1H3,(H2,17,19)/t13-,14+/m0/s1. The second-order valence-corrected chi connectivity index (χ2v) is 5.99. The Morgan fingerprint density at radius 3 is 2.80 bits per heavy atom. The number of rotatable bonds is 5. The van der Waals surface area contributed by atoms with E-state index in [-0.39, 0.29) is 18.1 Å². The van der Waals surface area contributed by atoms with Crippen molar-refractivity contribution in [1.29, 1.82) is 0 Å². The molecular formula is C15H21BrN2O2. The molecular weight excluding hydrogens is 320 g/mol. The van der Waals surface area contributed by atoms with Gasteiger partial charge in [-0.3, -0.25) is 9.69 Å². The number of carbonyl (C=O) groups excluding carboxylic acids is 1. The maximum Gasteiger partial charge on any atom is 0.239 e. The van der Waals surface area contributed by atoms with Crippen LogP contribution < -0.4 is 5.73 Å². The summed E-state index contributed by atoms with van der Waals surface area (Å²) < 4.78 is 6.69. The van der Waals surface area contributed by atoms with Crippen LogP contribution in [-0.4, -0.2) is 36.6 Å². The van der Waals surface area contributed by atoms with E-state index in [1.807, 2.05) is 31.2 Å². The molecule has 2 rings (SSSR count). The third-order valence-electron chi connectivity index (χ3n) is 3.63. The Morgan fingerprint density at radius 2 is 2.20 bits per heavy atom. The number of hydrogen-bond acceptors (Lipinski definition) is 3. The third-order valence-corrected chi connectivity index (χ3v) is 4.16. The zero-order valence-electron chi connectivity index (χ0n) is 11.7. The average molecular weight is 341 g/mol. The summed E-state index contributed by atoms with van der Waals surface area (Å²) in [4.78, 5) is 14.0. The highest BCUT2D eigenvalue weighted by atomic mass is 79.9. The molecule has 20 heavy (non-hydrogen) atoms. The number of halogens is 1. The van der Waals surface area contributed by atoms with E-state index in [2.05, 4.69) is 20.8 Å². The predicted molar refractivity (Wildman–Crippen MR) is 82.3 cm³/mol. The number of primary amides is 1. The van der Waals surface area contributed by atoms with E-state index in [9.17, 15) is 4.79 Å². The highest BCUT2D eigenvalue weighted by Gasteiger charge is 2.30. The lowest BCUT2D eigenvalue weighted by atomic mass is 10.00. The number of ether oxygens (including phenoxy) is 1. The Labute approximate surface area is 128 Å². The fraction of sp³-hybridized carbons (Fsp3) is 0.533. The van der Waals surface area contributed by atoms with Crippen molar-refractivity contribution in [2.45, 2.75) is 31.9 Å². The van der Waals surface area contributed by atoms with Gasteiger partial charge in [-0.25, -0.2) is 0 Å². The van der Waals surface area contributed by atoms with Crippen molar-refractivity contribution < 1.29 is 9.53 Å². The third kappa shape index (κ3) is 3.81. The van der Waals surface area contributed by atoms with Crippen LogP contribution in [0.1, 0.15) is 31.4 Å². The van der Waals surface area contributed by atoms with Crippen molar-refractivity contribution in [3.05, 3.63) is 34.3 Å². The van der Waals surface area contributed by atoms with E-state index in [0.717, 1.165) is 36.0 Å². The Balaban J connectivity index is 2.16. The van der Waals surface area contributed by atoms with Crippen molar-refractivity contribution in [3.8, 4) is 0 Å². The van der Waals surface area contributed by atoms with Gasteiger partial charge in [-0.1, -0.05) is 28.1 Å². The van der Waals surface area contributed by atoms with Crippen LogP contribution in [0.25, 0.3) is 0 Å². The van der Waals surface area contributed by atoms with Gasteiger partial charge in [0, 0.05) is 17.6 Å². The number of amides is 1. The van der Waals surface area contributed by atoms with E-state index in [0.29, 0.717) is 6.61 Å². The van der Waals surface area contributed by atoms with Crippen molar-refractivity contribution >= 4 is 21.8 Å². The van der Waals surface area contributed by atoms with Gasteiger partial charge in [-0.15, -0.1) is 0 Å². The summed E-state index contributed by atoms with van der Waals surface area (Å²) in [5, 5.41) is 0. The summed E-state index contributed by atoms with van der Waals surface area (Å²) in [5.41, 5.74) is 6.57. The smallest absolute Gasteiger partial charge is 0.239 e. The molecule has 5 heteroatoms. The minimum atomic E-state index is -0.369. The monoisotopic (exact) mass is 340 g/mol. The van der Waals surface area contributed by atoms with Gasteiger partial charge < -0.3 is 10.5 Å². The Kier molecular flexibility index (Phi) is 5.57. The molecule has 0 spiro atoms. The maximum atomic E-state index is 11.9. The number of nitrogens with two attached hydrogens (primary N) is 1. The first-order valence-corrected chi connectivity index (χ1v) is 7.81. The fourth-order valence-corrected chi connectivity index (χ4v) is 3.04. The van der Waals surface area contributed by atoms with Crippen LogP contribution in [0.5, 0.6) is 0 Å². The molecule has 1 fully saturated rings. The number of benzene rings is 1. The summed E-state index contributed by atoms with van der Waals surface area (Å²) in [7, 11) is 0. The van der Waals surface area contributed by atoms with Crippen LogP contribution >= 0.6 is 15.9 Å². The number of likely N-dealkylation sites (tertiary alicyclic amines) is 1. The van der Waals surface area contributed by atoms with E-state index in [4.69, 9.17) is 10.5 Å². The largest absolute Gasteiger partial charge is 0.377 e. The molecule has 0 radical (unpaired) electrons. The number of hydrogen-bond donors (Lipinski definition) is 1. The molecule has 1 aliphatic heterocycles. The van der Waals surface area contributed by atoms with Crippen LogP contribution in [0, 0.1) is 0 Å². The van der Waals surface area contributed by atoms with Crippen LogP contribution in [0.4, 0.5) is 0 Å². The van der Waals surface area contributed by atoms with E-state index < -0.39 is 0 Å². The van der Waals surface area contributed by atoms with E-state index in [1.54, 1.807) is 0 Å². The summed E-state index contributed by atoms with van der Waals surface area (Å²) >= 11 is 3.41. The predicted octanol–water partition coefficient (Wildman–Crippen LogP) is 2.48. The lowest BCUT2D eigenvalue weighted by molar-refractivity contribution is -0.125. The summed E-state index contributed by atoms with van der Waals surface area (Å²) in [6, 6.07) is 7.41. The van der Waals surface area contributed by atoms with E-state index in [1.165, 1.54) is 0 Å². The van der Waals surface area contributed by atoms with Crippen LogP contribution in [-0.2, 0) is 9.53 Å². The normalized spacial score (nSPS) is 21.6. The molecule has 2 N–H and O–H groups in total. The molecule has 1 aromatic carbocycles. The molecule has 1 heterocycles. The quantitative estimate of drug-likeness (QED) is 0.895. The Hall–Kier alpha value is -0.910. The van der Waals surface area contributed by atoms with Gasteiger partial charge in [0.25, 0.3) is 0 Å². The van der Waals surface area contributed by atoms with Crippen molar-refractivity contribution in [2.24, 2.45) is 5.73 Å². The number of piperidine rings is 1. The Bertz CT molecular complexity index is 448. The molecule has 0 saturated carbocycles. The second kappa shape index (κ2) is 7.20. The zero-order valence-corrected chi connectivity index (χ0v) is 13.3. The highest BCUT2D eigenvalue weighted by Crippen LogP contribution is 2.26. The van der Waals surface area contributed by atoms with Crippen LogP contribution in [0.3, 0.4) is 0 Å². The summed E-state index contributed by atoms with van der Waals surface area (Å²) in [6.07, 6.45) is 2.28. The molecule has 110 valence electrons. The second-order valence-electron chi connectivity index (χ2n) is 5.07. The van der Waals surface area contributed by atoms with Gasteiger partial charge in [-0.2, -0.15) is 0 Å². The van der Waals surface area contributed by atoms with Gasteiger partial charge in [0.2, 0.25) is 5.91 Å². The van der Waals surface area contributed by atoms with Gasteiger partial charge in [0.05, 0.1) is 6.10 Å². The molecule has 2 atom stereocenters. The molecule has 4 nitrogen and oxygen atoms in total. The lowest BCUT2D eigenvalue weighted by Crippen LogP contribution is -2.46. The topological polar surface area (TPSA) is 55.6 Å². The zero-order chi connectivity index (χ0) is 14.5. The van der Waals surface area contributed by atoms with Crippen molar-refractivity contribution in [2.75, 3.05) is 19.7 Å². The number of carbonyl (C=O) groups is 1. The van der Waals surface area contributed by atoms with Gasteiger partial charge in [0.1, 0.15) is 6.04 Å². The first-order valence-electron chi connectivity index (χ1n) is 7.02. The SMILES string of the molecule is CCO[C@H]1CCCN([C@@H](C(N)=O)c2ccc(Br)cc2)C1. The highest BCUT2D eigenvalue weighted by molar-refractivity contribution is 9.10. The Morgan fingerprint density at radius 1 is 1.50 bits per heavy atom. The fourth-order valence-electron chi connectivity index (χ4n) is 2.77. The van der Waals surface area contributed by atoms with Gasteiger partial charge in [-0.05, 0) is 44.0 Å². The maximum absolute atomic E-state index is 11.9. The first kappa shape index (κ1) is 15.5. The van der Waals surface area contributed by atoms with Gasteiger partial charge in [0.15, 0.2) is 0 Å². The van der Waals surface area contributed by atoms with Crippen LogP contribution in [0.15, 0.2) is 28.7 Å². The van der Waals surface area contributed by atoms with E-state index >= 15 is 0 Å². The minimum Gasteiger partial charge on any atom is -0.377 e. The van der Waals surface area contributed by atoms with Gasteiger partial charge >= 0.3 is 0 Å². The molecule has 0 aliphatic carbocycles. The molecule has 1 aromatic rings. The van der Waals surface area contributed by atoms with Crippen molar-refractivity contribution in [3.63, 3.8) is 0 Å². The number of nitrogens with zero attached hydrogens (tertiary/aromatic N) is 1. The molecule has 1 saturated heterocycles. The molecule has 0 bridgehead atoms. The minimum absolute atomic E-state index is 0.200. The first-order chi connectivity index (χ1) is 9.61. The lowest BCUT2D eigenvalue weighted by Gasteiger charge is -2.36. The van der Waals surface area contributed by atoms with Crippen molar-refractivity contribution in [1.82, 2.24) is 4.90 Å². The molecule has 0 unspecified atom stereocenters. The summed E-state index contributed by atoms with van der Waals surface area (Å²) in [5.74, 6) is -0.301. The molecule has 0 aromatic heterocycles.